The molecular weight excluding hydrogens is 393 g/mol. The summed E-state index contributed by atoms with van der Waals surface area (Å²) in [6.07, 6.45) is 1.49. The summed E-state index contributed by atoms with van der Waals surface area (Å²) in [5.41, 5.74) is 0.829. The van der Waals surface area contributed by atoms with E-state index < -0.39 is 0 Å². The van der Waals surface area contributed by atoms with Crippen LogP contribution in [-0.4, -0.2) is 47.7 Å². The lowest BCUT2D eigenvalue weighted by atomic mass is 10.2. The van der Waals surface area contributed by atoms with Crippen LogP contribution in [0, 0.1) is 5.82 Å². The number of rotatable bonds is 6. The first-order valence-corrected chi connectivity index (χ1v) is 11.3. The minimum atomic E-state index is -0.233. The first kappa shape index (κ1) is 19.2. The maximum absolute atomic E-state index is 13.4. The molecule has 0 N–H and O–H groups in total. The van der Waals surface area contributed by atoms with Crippen LogP contribution in [0.4, 0.5) is 9.52 Å². The van der Waals surface area contributed by atoms with Gasteiger partial charge in [0.05, 0.1) is 10.2 Å². The molecule has 0 spiro atoms. The monoisotopic (exact) mass is 415 g/mol. The van der Waals surface area contributed by atoms with Crippen molar-refractivity contribution in [1.29, 1.82) is 0 Å². The van der Waals surface area contributed by atoms with E-state index in [4.69, 9.17) is 0 Å². The Kier molecular flexibility index (Phi) is 6.12. The standard InChI is InChI=1S/C21H22FN3OS2/c22-16-8-9-18-19(15-16)28-21(23-18)25-12-10-24(11-13-25)20(26)7-4-14-27-17-5-2-1-3-6-17/h1-3,5-6,8-9,15H,4,7,10-14H2. The number of benzene rings is 2. The summed E-state index contributed by atoms with van der Waals surface area (Å²) >= 11 is 3.31. The Bertz CT molecular complexity index is 939. The number of thioether (sulfide) groups is 1. The van der Waals surface area contributed by atoms with E-state index in [1.54, 1.807) is 17.8 Å². The highest BCUT2D eigenvalue weighted by Crippen LogP contribution is 2.30. The summed E-state index contributed by atoms with van der Waals surface area (Å²) < 4.78 is 14.2. The van der Waals surface area contributed by atoms with E-state index in [-0.39, 0.29) is 11.7 Å². The number of aromatic nitrogens is 1. The number of halogens is 1. The Morgan fingerprint density at radius 1 is 1.11 bits per heavy atom. The molecule has 3 aromatic rings. The van der Waals surface area contributed by atoms with Crippen LogP contribution in [0.3, 0.4) is 0 Å². The predicted molar refractivity (Wildman–Crippen MR) is 115 cm³/mol. The molecule has 1 amide bonds. The molecule has 0 aliphatic carbocycles. The summed E-state index contributed by atoms with van der Waals surface area (Å²) in [5.74, 6) is 0.959. The van der Waals surface area contributed by atoms with Gasteiger partial charge in [0.15, 0.2) is 5.13 Å². The molecule has 4 nitrogen and oxygen atoms in total. The van der Waals surface area contributed by atoms with Crippen LogP contribution in [0.1, 0.15) is 12.8 Å². The van der Waals surface area contributed by atoms with E-state index in [9.17, 15) is 9.18 Å². The molecule has 0 saturated carbocycles. The molecule has 0 atom stereocenters. The molecule has 2 heterocycles. The van der Waals surface area contributed by atoms with Crippen molar-refractivity contribution >= 4 is 44.4 Å². The molecule has 0 unspecified atom stereocenters. The van der Waals surface area contributed by atoms with Crippen LogP contribution in [-0.2, 0) is 4.79 Å². The molecule has 4 rings (SSSR count). The third-order valence-corrected chi connectivity index (χ3v) is 6.97. The van der Waals surface area contributed by atoms with Gasteiger partial charge in [0.1, 0.15) is 5.82 Å². The molecule has 28 heavy (non-hydrogen) atoms. The highest BCUT2D eigenvalue weighted by molar-refractivity contribution is 7.99. The van der Waals surface area contributed by atoms with Crippen molar-refractivity contribution in [3.8, 4) is 0 Å². The highest BCUT2D eigenvalue weighted by atomic mass is 32.2. The van der Waals surface area contributed by atoms with Crippen molar-refractivity contribution in [3.63, 3.8) is 0 Å². The first-order valence-electron chi connectivity index (χ1n) is 9.46. The summed E-state index contributed by atoms with van der Waals surface area (Å²) in [6.45, 7) is 2.98. The Hall–Kier alpha value is -2.12. The van der Waals surface area contributed by atoms with Crippen molar-refractivity contribution in [2.75, 3.05) is 36.8 Å². The fourth-order valence-corrected chi connectivity index (χ4v) is 5.17. The van der Waals surface area contributed by atoms with Crippen LogP contribution in [0.5, 0.6) is 0 Å². The van der Waals surface area contributed by atoms with Crippen molar-refractivity contribution in [2.45, 2.75) is 17.7 Å². The third kappa shape index (κ3) is 4.64. The number of amides is 1. The number of hydrogen-bond donors (Lipinski definition) is 0. The van der Waals surface area contributed by atoms with Crippen molar-refractivity contribution in [1.82, 2.24) is 9.88 Å². The second-order valence-corrected chi connectivity index (χ2v) is 8.92. The van der Waals surface area contributed by atoms with E-state index >= 15 is 0 Å². The van der Waals surface area contributed by atoms with Crippen molar-refractivity contribution < 1.29 is 9.18 Å². The zero-order valence-electron chi connectivity index (χ0n) is 15.5. The van der Waals surface area contributed by atoms with Gasteiger partial charge >= 0.3 is 0 Å². The Morgan fingerprint density at radius 2 is 1.89 bits per heavy atom. The number of anilines is 1. The molecule has 2 aromatic carbocycles. The Morgan fingerprint density at radius 3 is 2.68 bits per heavy atom. The van der Waals surface area contributed by atoms with Gasteiger partial charge in [-0.05, 0) is 42.5 Å². The fourth-order valence-electron chi connectivity index (χ4n) is 3.26. The number of thiazole rings is 1. The maximum atomic E-state index is 13.4. The normalized spacial score (nSPS) is 14.6. The predicted octanol–water partition coefficient (Wildman–Crippen LogP) is 4.66. The SMILES string of the molecule is O=C(CCCSc1ccccc1)N1CCN(c2nc3ccc(F)cc3s2)CC1. The molecule has 0 radical (unpaired) electrons. The number of carbonyl (C=O) groups excluding carboxylic acids is 1. The third-order valence-electron chi connectivity index (χ3n) is 4.79. The van der Waals surface area contributed by atoms with Gasteiger partial charge in [-0.25, -0.2) is 9.37 Å². The zero-order valence-corrected chi connectivity index (χ0v) is 17.1. The number of fused-ring (bicyclic) bond motifs is 1. The number of nitrogens with zero attached hydrogens (tertiary/aromatic N) is 3. The summed E-state index contributed by atoms with van der Waals surface area (Å²) in [4.78, 5) is 22.5. The number of hydrogen-bond acceptors (Lipinski definition) is 5. The molecule has 1 fully saturated rings. The van der Waals surface area contributed by atoms with E-state index in [1.165, 1.54) is 28.4 Å². The molecule has 1 saturated heterocycles. The van der Waals surface area contributed by atoms with Crippen molar-refractivity contribution in [2.24, 2.45) is 0 Å². The number of carbonyl (C=O) groups is 1. The molecule has 1 aliphatic heterocycles. The Balaban J connectivity index is 1.23. The van der Waals surface area contributed by atoms with Crippen LogP contribution >= 0.6 is 23.1 Å². The molecule has 0 bridgehead atoms. The average molecular weight is 416 g/mol. The van der Waals surface area contributed by atoms with Gasteiger partial charge in [-0.2, -0.15) is 0 Å². The zero-order chi connectivity index (χ0) is 19.3. The van der Waals surface area contributed by atoms with E-state index in [2.05, 4.69) is 22.0 Å². The van der Waals surface area contributed by atoms with Gasteiger partial charge in [-0.15, -0.1) is 11.8 Å². The van der Waals surface area contributed by atoms with Gasteiger partial charge in [-0.1, -0.05) is 29.5 Å². The van der Waals surface area contributed by atoms with Gasteiger partial charge in [-0.3, -0.25) is 4.79 Å². The summed E-state index contributed by atoms with van der Waals surface area (Å²) in [5, 5.41) is 0.909. The lowest BCUT2D eigenvalue weighted by molar-refractivity contribution is -0.131. The van der Waals surface area contributed by atoms with E-state index in [0.717, 1.165) is 53.7 Å². The lowest BCUT2D eigenvalue weighted by Crippen LogP contribution is -2.48. The van der Waals surface area contributed by atoms with Crippen LogP contribution in [0.25, 0.3) is 10.2 Å². The maximum Gasteiger partial charge on any atom is 0.222 e. The first-order chi connectivity index (χ1) is 13.7. The van der Waals surface area contributed by atoms with Crippen LogP contribution < -0.4 is 4.90 Å². The van der Waals surface area contributed by atoms with Crippen molar-refractivity contribution in [3.05, 3.63) is 54.3 Å². The quantitative estimate of drug-likeness (QED) is 0.434. The van der Waals surface area contributed by atoms with E-state index in [1.807, 2.05) is 23.1 Å². The average Bonchev–Trinajstić information content (AvgIpc) is 3.15. The van der Waals surface area contributed by atoms with Crippen LogP contribution in [0.2, 0.25) is 0 Å². The van der Waals surface area contributed by atoms with Gasteiger partial charge in [0, 0.05) is 37.5 Å². The second-order valence-electron chi connectivity index (χ2n) is 6.74. The van der Waals surface area contributed by atoms with Crippen LogP contribution in [0.15, 0.2) is 53.4 Å². The second kappa shape index (κ2) is 8.92. The summed E-state index contributed by atoms with van der Waals surface area (Å²) in [7, 11) is 0. The smallest absolute Gasteiger partial charge is 0.222 e. The molecule has 1 aliphatic rings. The van der Waals surface area contributed by atoms with Gasteiger partial charge in [0.2, 0.25) is 5.91 Å². The molecular formula is C21H22FN3OS2. The van der Waals surface area contributed by atoms with Gasteiger partial charge in [0.25, 0.3) is 0 Å². The van der Waals surface area contributed by atoms with E-state index in [0.29, 0.717) is 6.42 Å². The topological polar surface area (TPSA) is 36.4 Å². The minimum absolute atomic E-state index is 0.233. The molecule has 1 aromatic heterocycles. The fraction of sp³-hybridized carbons (Fsp3) is 0.333. The van der Waals surface area contributed by atoms with Gasteiger partial charge < -0.3 is 9.80 Å². The summed E-state index contributed by atoms with van der Waals surface area (Å²) in [6, 6.07) is 15.0. The molecule has 146 valence electrons. The lowest BCUT2D eigenvalue weighted by Gasteiger charge is -2.34. The Labute approximate surface area is 172 Å². The largest absolute Gasteiger partial charge is 0.345 e. The number of piperazine rings is 1. The minimum Gasteiger partial charge on any atom is -0.345 e. The molecule has 7 heteroatoms. The highest BCUT2D eigenvalue weighted by Gasteiger charge is 2.22.